The van der Waals surface area contributed by atoms with Gasteiger partial charge < -0.3 is 4.74 Å². The summed E-state index contributed by atoms with van der Waals surface area (Å²) < 4.78 is 6.16. The van der Waals surface area contributed by atoms with Gasteiger partial charge in [-0.25, -0.2) is 0 Å². The molecule has 0 saturated heterocycles. The normalized spacial score (nSPS) is 41.6. The summed E-state index contributed by atoms with van der Waals surface area (Å²) >= 11 is 0. The number of esters is 1. The van der Waals surface area contributed by atoms with Gasteiger partial charge in [-0.05, 0) is 87.5 Å². The van der Waals surface area contributed by atoms with Crippen molar-refractivity contribution in [1.82, 2.24) is 0 Å². The van der Waals surface area contributed by atoms with E-state index >= 15 is 0 Å². The number of hydrogen-bond acceptors (Lipinski definition) is 4. The van der Waals surface area contributed by atoms with Gasteiger partial charge in [0.05, 0.1) is 0 Å². The summed E-state index contributed by atoms with van der Waals surface area (Å²) in [6, 6.07) is 0. The SMILES string of the molecule is CCCCCC(=O)O[C@]1(C(C)=O)CC[C@H]2[C@@H]3CCC4=CC(=O)CC[C@]4(C)[C@@H]3CC[C@@]21C. The van der Waals surface area contributed by atoms with Gasteiger partial charge in [-0.3, -0.25) is 14.4 Å². The predicted octanol–water partition coefficient (Wildman–Crippen LogP) is 5.97. The first-order chi connectivity index (χ1) is 14.7. The number of unbranched alkanes of at least 4 members (excludes halogenated alkanes) is 2. The second-order valence-electron chi connectivity index (χ2n) is 11.3. The standard InChI is InChI=1S/C27H40O4/c1-5-6-7-8-24(30)31-27(18(2)28)16-13-23-21-10-9-19-17-20(29)11-14-25(19,3)22(21)12-15-26(23,27)4/h17,21-23H,5-16H2,1-4H3/t21-,22-,23+,25+,26+,27+/m1/s1. The van der Waals surface area contributed by atoms with Crippen molar-refractivity contribution in [3.63, 3.8) is 0 Å². The Labute approximate surface area is 187 Å². The lowest BCUT2D eigenvalue weighted by Gasteiger charge is -2.59. The monoisotopic (exact) mass is 428 g/mol. The van der Waals surface area contributed by atoms with Crippen molar-refractivity contribution < 1.29 is 19.1 Å². The predicted molar refractivity (Wildman–Crippen MR) is 120 cm³/mol. The smallest absolute Gasteiger partial charge is 0.306 e. The highest BCUT2D eigenvalue weighted by Gasteiger charge is 2.67. The Hall–Kier alpha value is -1.45. The van der Waals surface area contributed by atoms with Crippen molar-refractivity contribution >= 4 is 17.5 Å². The average Bonchev–Trinajstić information content (AvgIpc) is 3.02. The number of carbonyl (C=O) groups is 3. The van der Waals surface area contributed by atoms with Crippen LogP contribution in [0.4, 0.5) is 0 Å². The Morgan fingerprint density at radius 2 is 1.77 bits per heavy atom. The van der Waals surface area contributed by atoms with Crippen molar-refractivity contribution in [2.45, 2.75) is 110 Å². The van der Waals surface area contributed by atoms with Crippen molar-refractivity contribution in [3.8, 4) is 0 Å². The molecule has 31 heavy (non-hydrogen) atoms. The molecular weight excluding hydrogens is 388 g/mol. The summed E-state index contributed by atoms with van der Waals surface area (Å²) in [6.45, 7) is 8.37. The van der Waals surface area contributed by atoms with E-state index in [1.165, 1.54) is 5.57 Å². The Bertz CT molecular complexity index is 797. The van der Waals surface area contributed by atoms with Gasteiger partial charge in [0.2, 0.25) is 0 Å². The van der Waals surface area contributed by atoms with Crippen molar-refractivity contribution in [1.29, 1.82) is 0 Å². The van der Waals surface area contributed by atoms with Crippen LogP contribution in [0.15, 0.2) is 11.6 Å². The van der Waals surface area contributed by atoms with Gasteiger partial charge in [0.15, 0.2) is 17.2 Å². The van der Waals surface area contributed by atoms with E-state index in [1.807, 2.05) is 6.08 Å². The topological polar surface area (TPSA) is 60.4 Å². The highest BCUT2D eigenvalue weighted by Crippen LogP contribution is 2.68. The fourth-order valence-corrected chi connectivity index (χ4v) is 8.14. The first kappa shape index (κ1) is 22.7. The molecule has 6 atom stereocenters. The molecule has 0 N–H and O–H groups in total. The number of rotatable bonds is 6. The minimum atomic E-state index is -0.953. The molecule has 0 heterocycles. The van der Waals surface area contributed by atoms with Crippen LogP contribution in [-0.4, -0.2) is 23.1 Å². The molecule has 4 aliphatic rings. The molecular formula is C27H40O4. The summed E-state index contributed by atoms with van der Waals surface area (Å²) in [5.41, 5.74) is 0.261. The van der Waals surface area contributed by atoms with E-state index in [-0.39, 0.29) is 28.4 Å². The lowest BCUT2D eigenvalue weighted by atomic mass is 9.46. The van der Waals surface area contributed by atoms with Crippen LogP contribution >= 0.6 is 0 Å². The van der Waals surface area contributed by atoms with Gasteiger partial charge in [0.1, 0.15) is 0 Å². The van der Waals surface area contributed by atoms with Crippen LogP contribution in [0.5, 0.6) is 0 Å². The summed E-state index contributed by atoms with van der Waals surface area (Å²) in [4.78, 5) is 37.8. The van der Waals surface area contributed by atoms with Gasteiger partial charge >= 0.3 is 5.97 Å². The first-order valence-electron chi connectivity index (χ1n) is 12.6. The van der Waals surface area contributed by atoms with E-state index in [0.717, 1.165) is 57.8 Å². The van der Waals surface area contributed by atoms with Gasteiger partial charge in [0, 0.05) is 18.3 Å². The van der Waals surface area contributed by atoms with Crippen molar-refractivity contribution in [2.75, 3.05) is 0 Å². The minimum Gasteiger partial charge on any atom is -0.450 e. The second-order valence-corrected chi connectivity index (χ2v) is 11.3. The molecule has 0 unspecified atom stereocenters. The molecule has 4 aliphatic carbocycles. The van der Waals surface area contributed by atoms with Crippen molar-refractivity contribution in [2.24, 2.45) is 28.6 Å². The molecule has 172 valence electrons. The van der Waals surface area contributed by atoms with Crippen LogP contribution in [0, 0.1) is 28.6 Å². The average molecular weight is 429 g/mol. The number of ketones is 2. The van der Waals surface area contributed by atoms with Gasteiger partial charge in [-0.15, -0.1) is 0 Å². The number of ether oxygens (including phenoxy) is 1. The van der Waals surface area contributed by atoms with Crippen LogP contribution in [0.2, 0.25) is 0 Å². The number of carbonyl (C=O) groups excluding carboxylic acids is 3. The quantitative estimate of drug-likeness (QED) is 0.386. The zero-order valence-electron chi connectivity index (χ0n) is 19.9. The molecule has 0 amide bonds. The lowest BCUT2D eigenvalue weighted by molar-refractivity contribution is -0.189. The molecule has 3 saturated carbocycles. The summed E-state index contributed by atoms with van der Waals surface area (Å²) in [6.07, 6.45) is 12.6. The molecule has 0 aromatic carbocycles. The van der Waals surface area contributed by atoms with Crippen molar-refractivity contribution in [3.05, 3.63) is 11.6 Å². The maximum absolute atomic E-state index is 13.1. The molecule has 0 aliphatic heterocycles. The van der Waals surface area contributed by atoms with Crippen LogP contribution in [0.3, 0.4) is 0 Å². The number of Topliss-reactive ketones (excluding diaryl/α,β-unsaturated/α-hetero) is 1. The molecule has 0 aromatic rings. The van der Waals surface area contributed by atoms with Crippen LogP contribution in [-0.2, 0) is 19.1 Å². The van der Waals surface area contributed by atoms with E-state index in [9.17, 15) is 14.4 Å². The first-order valence-corrected chi connectivity index (χ1v) is 12.6. The molecule has 0 aromatic heterocycles. The van der Waals surface area contributed by atoms with Crippen LogP contribution in [0.1, 0.15) is 105 Å². The molecule has 4 nitrogen and oxygen atoms in total. The van der Waals surface area contributed by atoms with Crippen LogP contribution < -0.4 is 0 Å². The summed E-state index contributed by atoms with van der Waals surface area (Å²) in [5, 5.41) is 0. The van der Waals surface area contributed by atoms with Gasteiger partial charge in [-0.2, -0.15) is 0 Å². The largest absolute Gasteiger partial charge is 0.450 e. The number of allylic oxidation sites excluding steroid dienone is 1. The lowest BCUT2D eigenvalue weighted by Crippen LogP contribution is -2.58. The maximum Gasteiger partial charge on any atom is 0.306 e. The Morgan fingerprint density at radius 1 is 1.03 bits per heavy atom. The molecule has 3 fully saturated rings. The molecule has 0 radical (unpaired) electrons. The third-order valence-electron chi connectivity index (χ3n) is 9.92. The molecule has 4 rings (SSSR count). The fraction of sp³-hybridized carbons (Fsp3) is 0.815. The minimum absolute atomic E-state index is 0.0330. The highest BCUT2D eigenvalue weighted by atomic mass is 16.6. The second kappa shape index (κ2) is 8.15. The number of fused-ring (bicyclic) bond motifs is 5. The Morgan fingerprint density at radius 3 is 2.48 bits per heavy atom. The Balaban J connectivity index is 1.59. The van der Waals surface area contributed by atoms with E-state index in [0.29, 0.717) is 37.0 Å². The zero-order chi connectivity index (χ0) is 22.4. The third kappa shape index (κ3) is 3.43. The summed E-state index contributed by atoms with van der Waals surface area (Å²) in [5.74, 6) is 1.66. The fourth-order valence-electron chi connectivity index (χ4n) is 8.14. The molecule has 4 heteroatoms. The highest BCUT2D eigenvalue weighted by molar-refractivity contribution is 5.91. The van der Waals surface area contributed by atoms with E-state index < -0.39 is 5.60 Å². The zero-order valence-corrected chi connectivity index (χ0v) is 19.9. The molecule has 0 bridgehead atoms. The van der Waals surface area contributed by atoms with E-state index in [2.05, 4.69) is 20.8 Å². The number of hydrogen-bond donors (Lipinski definition) is 0. The van der Waals surface area contributed by atoms with Gasteiger partial charge in [0.25, 0.3) is 0 Å². The maximum atomic E-state index is 13.1. The Kier molecular flexibility index (Phi) is 5.98. The third-order valence-corrected chi connectivity index (χ3v) is 9.92. The van der Waals surface area contributed by atoms with Gasteiger partial charge in [-0.1, -0.05) is 39.2 Å². The van der Waals surface area contributed by atoms with E-state index in [4.69, 9.17) is 4.74 Å². The summed E-state index contributed by atoms with van der Waals surface area (Å²) in [7, 11) is 0. The van der Waals surface area contributed by atoms with E-state index in [1.54, 1.807) is 6.92 Å². The molecule has 0 spiro atoms. The van der Waals surface area contributed by atoms with Crippen LogP contribution in [0.25, 0.3) is 0 Å².